The molecule has 0 unspecified atom stereocenters. The number of amides is 1. The lowest BCUT2D eigenvalue weighted by atomic mass is 10.2. The predicted molar refractivity (Wildman–Crippen MR) is 95.6 cm³/mol. The fraction of sp³-hybridized carbons (Fsp3) is 0.389. The average molecular weight is 414 g/mol. The molecular formula is C18H22F2N3O4S+. The lowest BCUT2D eigenvalue weighted by Crippen LogP contribution is -2.87. The minimum Gasteiger partial charge on any atom is -0.463 e. The van der Waals surface area contributed by atoms with Gasteiger partial charge < -0.3 is 14.6 Å². The Hall–Kier alpha value is -2.30. The number of carbonyl (C=O) groups is 1. The van der Waals surface area contributed by atoms with Crippen LogP contribution in [0.2, 0.25) is 0 Å². The molecule has 0 aliphatic carbocycles. The predicted octanol–water partition coefficient (Wildman–Crippen LogP) is 0.715. The first-order valence-electron chi connectivity index (χ1n) is 8.89. The third kappa shape index (κ3) is 4.23. The van der Waals surface area contributed by atoms with Gasteiger partial charge in [0.1, 0.15) is 17.7 Å². The van der Waals surface area contributed by atoms with Crippen molar-refractivity contribution in [2.24, 2.45) is 0 Å². The van der Waals surface area contributed by atoms with Crippen LogP contribution >= 0.6 is 0 Å². The summed E-state index contributed by atoms with van der Waals surface area (Å²) < 4.78 is 59.2. The van der Waals surface area contributed by atoms with E-state index in [4.69, 9.17) is 4.42 Å². The number of rotatable bonds is 6. The van der Waals surface area contributed by atoms with E-state index in [9.17, 15) is 22.0 Å². The van der Waals surface area contributed by atoms with E-state index in [2.05, 4.69) is 0 Å². The van der Waals surface area contributed by atoms with Crippen molar-refractivity contribution in [3.63, 3.8) is 0 Å². The van der Waals surface area contributed by atoms with Gasteiger partial charge in [0.25, 0.3) is 5.91 Å². The molecule has 152 valence electrons. The van der Waals surface area contributed by atoms with E-state index in [1.807, 2.05) is 18.3 Å². The highest BCUT2D eigenvalue weighted by molar-refractivity contribution is 7.89. The van der Waals surface area contributed by atoms with Gasteiger partial charge in [0.05, 0.1) is 6.26 Å². The molecule has 10 heteroatoms. The van der Waals surface area contributed by atoms with Crippen LogP contribution in [0.1, 0.15) is 18.7 Å². The summed E-state index contributed by atoms with van der Waals surface area (Å²) in [6, 6.07) is 6.51. The minimum atomic E-state index is -4.30. The second kappa shape index (κ2) is 8.38. The molecule has 2 heterocycles. The highest BCUT2D eigenvalue weighted by Crippen LogP contribution is 2.23. The minimum absolute atomic E-state index is 0.0183. The van der Waals surface area contributed by atoms with Gasteiger partial charge in [-0.25, -0.2) is 17.2 Å². The van der Waals surface area contributed by atoms with E-state index in [1.54, 1.807) is 17.2 Å². The fourth-order valence-corrected chi connectivity index (χ4v) is 4.64. The zero-order chi connectivity index (χ0) is 20.3. The Balaban J connectivity index is 1.57. The van der Waals surface area contributed by atoms with Crippen LogP contribution in [0.4, 0.5) is 8.78 Å². The number of furan rings is 1. The first-order chi connectivity index (χ1) is 13.3. The van der Waals surface area contributed by atoms with Crippen molar-refractivity contribution in [2.75, 3.05) is 32.7 Å². The molecular weight excluding hydrogens is 392 g/mol. The molecule has 1 aliphatic heterocycles. The summed E-state index contributed by atoms with van der Waals surface area (Å²) in [5, 5.41) is 1.83. The number of benzene rings is 1. The van der Waals surface area contributed by atoms with Crippen LogP contribution in [-0.2, 0) is 14.8 Å². The van der Waals surface area contributed by atoms with Crippen molar-refractivity contribution in [3.8, 4) is 0 Å². The van der Waals surface area contributed by atoms with Gasteiger partial charge in [-0.3, -0.25) is 4.79 Å². The summed E-state index contributed by atoms with van der Waals surface area (Å²) in [7, 11) is -4.30. The summed E-state index contributed by atoms with van der Waals surface area (Å²) in [6.07, 6.45) is 1.57. The van der Waals surface area contributed by atoms with Crippen LogP contribution in [-0.4, -0.2) is 56.3 Å². The Morgan fingerprint density at radius 2 is 1.79 bits per heavy atom. The smallest absolute Gasteiger partial charge is 0.277 e. The summed E-state index contributed by atoms with van der Waals surface area (Å²) in [5.41, 5.74) is 0. The normalized spacial score (nSPS) is 16.9. The Morgan fingerprint density at radius 1 is 1.14 bits per heavy atom. The molecule has 1 aliphatic rings. The molecule has 1 amide bonds. The lowest BCUT2D eigenvalue weighted by molar-refractivity contribution is -0.685. The standard InChI is InChI=1S/C18H21F2N3O4S/c1-13(16-6-3-11-27-16)21-12-17(24)22-7-9-23(10-8-22)28(25,26)18-14(19)4-2-5-15(18)20/h2-6,11,13,21H,7-10,12H2,1H3/p+1/t13-/m0/s1. The fourth-order valence-electron chi connectivity index (χ4n) is 3.11. The Labute approximate surface area is 162 Å². The largest absolute Gasteiger partial charge is 0.463 e. The summed E-state index contributed by atoms with van der Waals surface area (Å²) in [4.78, 5) is 13.0. The van der Waals surface area contributed by atoms with Crippen LogP contribution in [0.3, 0.4) is 0 Å². The summed E-state index contributed by atoms with van der Waals surface area (Å²) in [6.45, 7) is 2.40. The maximum absolute atomic E-state index is 13.9. The van der Waals surface area contributed by atoms with E-state index >= 15 is 0 Å². The lowest BCUT2D eigenvalue weighted by Gasteiger charge is -2.33. The maximum Gasteiger partial charge on any atom is 0.277 e. The van der Waals surface area contributed by atoms with Gasteiger partial charge in [0, 0.05) is 26.2 Å². The first-order valence-corrected chi connectivity index (χ1v) is 10.3. The van der Waals surface area contributed by atoms with Crippen molar-refractivity contribution in [1.82, 2.24) is 9.21 Å². The summed E-state index contributed by atoms with van der Waals surface area (Å²) in [5.74, 6) is -1.62. The molecule has 0 radical (unpaired) electrons. The Morgan fingerprint density at radius 3 is 2.36 bits per heavy atom. The van der Waals surface area contributed by atoms with E-state index < -0.39 is 26.6 Å². The quantitative estimate of drug-likeness (QED) is 0.755. The molecule has 3 rings (SSSR count). The molecule has 0 saturated carbocycles. The van der Waals surface area contributed by atoms with Crippen molar-refractivity contribution in [3.05, 3.63) is 54.0 Å². The number of nitrogens with two attached hydrogens (primary N) is 1. The third-order valence-electron chi connectivity index (χ3n) is 4.75. The van der Waals surface area contributed by atoms with Crippen LogP contribution in [0.25, 0.3) is 0 Å². The topological polar surface area (TPSA) is 87.4 Å². The maximum atomic E-state index is 13.9. The van der Waals surface area contributed by atoms with E-state index in [-0.39, 0.29) is 44.7 Å². The average Bonchev–Trinajstić information content (AvgIpc) is 3.20. The van der Waals surface area contributed by atoms with E-state index in [0.717, 1.165) is 28.3 Å². The zero-order valence-electron chi connectivity index (χ0n) is 15.3. The van der Waals surface area contributed by atoms with Crippen LogP contribution in [0.5, 0.6) is 0 Å². The highest BCUT2D eigenvalue weighted by Gasteiger charge is 2.34. The van der Waals surface area contributed by atoms with E-state index in [0.29, 0.717) is 0 Å². The number of carbonyl (C=O) groups excluding carboxylic acids is 1. The zero-order valence-corrected chi connectivity index (χ0v) is 16.2. The molecule has 7 nitrogen and oxygen atoms in total. The van der Waals surface area contributed by atoms with Gasteiger partial charge in [0.15, 0.2) is 17.2 Å². The molecule has 1 saturated heterocycles. The van der Waals surface area contributed by atoms with Crippen LogP contribution in [0, 0.1) is 11.6 Å². The van der Waals surface area contributed by atoms with Gasteiger partial charge in [-0.1, -0.05) is 6.07 Å². The molecule has 2 aromatic rings. The highest BCUT2D eigenvalue weighted by atomic mass is 32.2. The first kappa shape index (κ1) is 20.4. The van der Waals surface area contributed by atoms with Crippen LogP contribution < -0.4 is 5.32 Å². The number of hydrogen-bond donors (Lipinski definition) is 1. The number of quaternary nitrogens is 1. The van der Waals surface area contributed by atoms with Crippen molar-refractivity contribution in [2.45, 2.75) is 17.9 Å². The second-order valence-electron chi connectivity index (χ2n) is 6.58. The van der Waals surface area contributed by atoms with Crippen molar-refractivity contribution >= 4 is 15.9 Å². The number of halogens is 2. The second-order valence-corrected chi connectivity index (χ2v) is 8.45. The van der Waals surface area contributed by atoms with Gasteiger partial charge in [-0.15, -0.1) is 0 Å². The van der Waals surface area contributed by atoms with Crippen molar-refractivity contribution in [1.29, 1.82) is 0 Å². The molecule has 1 aromatic heterocycles. The summed E-state index contributed by atoms with van der Waals surface area (Å²) >= 11 is 0. The molecule has 28 heavy (non-hydrogen) atoms. The molecule has 2 N–H and O–H groups in total. The van der Waals surface area contributed by atoms with Gasteiger partial charge >= 0.3 is 0 Å². The SMILES string of the molecule is C[C@H]([NH2+]CC(=O)N1CCN(S(=O)(=O)c2c(F)cccc2F)CC1)c1ccco1. The van der Waals surface area contributed by atoms with Gasteiger partial charge in [-0.05, 0) is 31.2 Å². The number of nitrogens with zero attached hydrogens (tertiary/aromatic N) is 2. The molecule has 0 bridgehead atoms. The molecule has 0 spiro atoms. The third-order valence-corrected chi connectivity index (χ3v) is 6.70. The molecule has 1 aromatic carbocycles. The van der Waals surface area contributed by atoms with Gasteiger partial charge in [-0.2, -0.15) is 4.31 Å². The van der Waals surface area contributed by atoms with Crippen LogP contribution in [0.15, 0.2) is 45.9 Å². The number of hydrogen-bond acceptors (Lipinski definition) is 4. The van der Waals surface area contributed by atoms with Crippen molar-refractivity contribution < 1.29 is 31.7 Å². The number of sulfonamides is 1. The van der Waals surface area contributed by atoms with Gasteiger partial charge in [0.2, 0.25) is 10.0 Å². The Bertz CT molecular complexity index is 906. The number of piperazine rings is 1. The van der Waals surface area contributed by atoms with E-state index in [1.165, 1.54) is 0 Å². The molecule has 1 fully saturated rings. The Kier molecular flexibility index (Phi) is 6.11. The monoisotopic (exact) mass is 414 g/mol. The molecule has 1 atom stereocenters.